The Morgan fingerprint density at radius 2 is 1.73 bits per heavy atom. The molecule has 1 aliphatic heterocycles. The van der Waals surface area contributed by atoms with Gasteiger partial charge < -0.3 is 10.4 Å². The summed E-state index contributed by atoms with van der Waals surface area (Å²) in [4.78, 5) is 0. The van der Waals surface area contributed by atoms with Crippen molar-refractivity contribution >= 4 is 21.6 Å². The molecular formula is C17H17BrN2O2. The Morgan fingerprint density at radius 1 is 1.14 bits per heavy atom. The first-order valence-corrected chi connectivity index (χ1v) is 7.89. The largest absolute Gasteiger partial charge is 0.622 e. The lowest BCUT2D eigenvalue weighted by molar-refractivity contribution is -0.595. The number of hydrogen-bond acceptors (Lipinski definition) is 3. The Kier molecular flexibility index (Phi) is 3.80. The lowest BCUT2D eigenvalue weighted by Gasteiger charge is -2.29. The molecule has 0 aliphatic carbocycles. The van der Waals surface area contributed by atoms with Crippen LogP contribution in [0.25, 0.3) is 0 Å². The quantitative estimate of drug-likeness (QED) is 0.655. The SMILES string of the molecule is C[C@H]1C(c2ccccc2)=[N+]([O-])[C@](C)(c2ccc(Br)cc2)N1O. The molecule has 0 saturated carbocycles. The first-order chi connectivity index (χ1) is 10.5. The second-order valence-corrected chi connectivity index (χ2v) is 6.51. The average molecular weight is 361 g/mol. The summed E-state index contributed by atoms with van der Waals surface area (Å²) >= 11 is 3.39. The van der Waals surface area contributed by atoms with Gasteiger partial charge in [-0.05, 0) is 43.3 Å². The van der Waals surface area contributed by atoms with Crippen molar-refractivity contribution in [2.24, 2.45) is 0 Å². The summed E-state index contributed by atoms with van der Waals surface area (Å²) in [5.41, 5.74) is 0.982. The highest BCUT2D eigenvalue weighted by atomic mass is 79.9. The topological polar surface area (TPSA) is 49.5 Å². The van der Waals surface area contributed by atoms with Gasteiger partial charge in [0.1, 0.15) is 6.04 Å². The molecule has 0 radical (unpaired) electrons. The molecule has 5 heteroatoms. The number of benzene rings is 2. The van der Waals surface area contributed by atoms with Gasteiger partial charge in [-0.15, -0.1) is 5.06 Å². The maximum Gasteiger partial charge on any atom is 0.274 e. The molecule has 0 saturated heterocycles. The van der Waals surface area contributed by atoms with Crippen LogP contribution in [0.15, 0.2) is 59.1 Å². The van der Waals surface area contributed by atoms with E-state index in [4.69, 9.17) is 0 Å². The smallest absolute Gasteiger partial charge is 0.274 e. The zero-order chi connectivity index (χ0) is 15.9. The van der Waals surface area contributed by atoms with E-state index >= 15 is 0 Å². The fraction of sp³-hybridized carbons (Fsp3) is 0.235. The van der Waals surface area contributed by atoms with Crippen LogP contribution in [0.4, 0.5) is 0 Å². The van der Waals surface area contributed by atoms with Gasteiger partial charge in [-0.2, -0.15) is 4.74 Å². The monoisotopic (exact) mass is 360 g/mol. The van der Waals surface area contributed by atoms with Crippen molar-refractivity contribution in [3.8, 4) is 0 Å². The molecule has 22 heavy (non-hydrogen) atoms. The van der Waals surface area contributed by atoms with E-state index in [0.29, 0.717) is 5.71 Å². The molecule has 0 fully saturated rings. The fourth-order valence-electron chi connectivity index (χ4n) is 2.97. The zero-order valence-electron chi connectivity index (χ0n) is 12.4. The molecule has 0 unspecified atom stereocenters. The molecule has 3 rings (SSSR count). The van der Waals surface area contributed by atoms with E-state index in [-0.39, 0.29) is 0 Å². The van der Waals surface area contributed by atoms with E-state index in [1.165, 1.54) is 0 Å². The van der Waals surface area contributed by atoms with Crippen LogP contribution in [0.2, 0.25) is 0 Å². The van der Waals surface area contributed by atoms with Gasteiger partial charge in [0, 0.05) is 22.5 Å². The van der Waals surface area contributed by atoms with Gasteiger partial charge in [0.2, 0.25) is 5.71 Å². The highest BCUT2D eigenvalue weighted by Crippen LogP contribution is 2.36. The van der Waals surface area contributed by atoms with Gasteiger partial charge in [-0.1, -0.05) is 34.1 Å². The number of rotatable bonds is 2. The second-order valence-electron chi connectivity index (χ2n) is 5.59. The second kappa shape index (κ2) is 5.50. The third-order valence-corrected chi connectivity index (χ3v) is 4.81. The molecule has 4 nitrogen and oxygen atoms in total. The highest BCUT2D eigenvalue weighted by molar-refractivity contribution is 9.10. The van der Waals surface area contributed by atoms with Crippen LogP contribution in [0, 0.1) is 5.21 Å². The molecule has 1 aliphatic rings. The van der Waals surface area contributed by atoms with Gasteiger partial charge >= 0.3 is 0 Å². The van der Waals surface area contributed by atoms with Crippen LogP contribution in [0.5, 0.6) is 0 Å². The number of hydroxylamine groups is 3. The zero-order valence-corrected chi connectivity index (χ0v) is 14.0. The first kappa shape index (κ1) is 15.2. The molecule has 0 bridgehead atoms. The highest BCUT2D eigenvalue weighted by Gasteiger charge is 2.54. The van der Waals surface area contributed by atoms with E-state index in [2.05, 4.69) is 15.9 Å². The summed E-state index contributed by atoms with van der Waals surface area (Å²) in [7, 11) is 0. The van der Waals surface area contributed by atoms with Crippen molar-refractivity contribution < 1.29 is 9.95 Å². The fourth-order valence-corrected chi connectivity index (χ4v) is 3.24. The van der Waals surface area contributed by atoms with Gasteiger partial charge in [0.25, 0.3) is 5.66 Å². The molecule has 2 aromatic rings. The lowest BCUT2D eigenvalue weighted by Crippen LogP contribution is -2.45. The van der Waals surface area contributed by atoms with Crippen LogP contribution in [0.1, 0.15) is 25.0 Å². The van der Waals surface area contributed by atoms with Crippen molar-refractivity contribution in [2.75, 3.05) is 0 Å². The van der Waals surface area contributed by atoms with Crippen molar-refractivity contribution in [2.45, 2.75) is 25.6 Å². The van der Waals surface area contributed by atoms with Crippen LogP contribution >= 0.6 is 15.9 Å². The third-order valence-electron chi connectivity index (χ3n) is 4.28. The molecule has 1 heterocycles. The summed E-state index contributed by atoms with van der Waals surface area (Å²) in [5, 5.41) is 24.7. The van der Waals surface area contributed by atoms with Crippen LogP contribution in [-0.2, 0) is 5.66 Å². The minimum atomic E-state index is -1.15. The van der Waals surface area contributed by atoms with Gasteiger partial charge in [0.15, 0.2) is 0 Å². The molecule has 1 N–H and O–H groups in total. The lowest BCUT2D eigenvalue weighted by atomic mass is 10.0. The van der Waals surface area contributed by atoms with Crippen molar-refractivity contribution in [1.29, 1.82) is 0 Å². The van der Waals surface area contributed by atoms with Gasteiger partial charge in [0.05, 0.1) is 0 Å². The Bertz CT molecular complexity index is 715. The molecule has 0 amide bonds. The van der Waals surface area contributed by atoms with Crippen molar-refractivity contribution in [1.82, 2.24) is 5.06 Å². The van der Waals surface area contributed by atoms with Crippen LogP contribution in [-0.4, -0.2) is 26.8 Å². The average Bonchev–Trinajstić information content (AvgIpc) is 2.71. The van der Waals surface area contributed by atoms with Gasteiger partial charge in [-0.25, -0.2) is 0 Å². The summed E-state index contributed by atoms with van der Waals surface area (Å²) in [6.07, 6.45) is 0. The summed E-state index contributed by atoms with van der Waals surface area (Å²) in [5.74, 6) is 0. The summed E-state index contributed by atoms with van der Waals surface area (Å²) in [6.45, 7) is 3.56. The van der Waals surface area contributed by atoms with Crippen LogP contribution < -0.4 is 0 Å². The molecule has 114 valence electrons. The maximum atomic E-state index is 13.0. The molecule has 2 aromatic carbocycles. The molecule has 0 spiro atoms. The minimum absolute atomic E-state index is 0.395. The maximum absolute atomic E-state index is 13.0. The Hall–Kier alpha value is -1.69. The number of hydrogen-bond donors (Lipinski definition) is 1. The van der Waals surface area contributed by atoms with E-state index < -0.39 is 11.7 Å². The van der Waals surface area contributed by atoms with Gasteiger partial charge in [-0.3, -0.25) is 0 Å². The van der Waals surface area contributed by atoms with E-state index in [1.807, 2.05) is 61.5 Å². The molecule has 0 aromatic heterocycles. The van der Waals surface area contributed by atoms with Crippen molar-refractivity contribution in [3.63, 3.8) is 0 Å². The molecule has 2 atom stereocenters. The van der Waals surface area contributed by atoms with Crippen molar-refractivity contribution in [3.05, 3.63) is 75.4 Å². The summed E-state index contributed by atoms with van der Waals surface area (Å²) < 4.78 is 1.84. The van der Waals surface area contributed by atoms with E-state index in [9.17, 15) is 10.4 Å². The van der Waals surface area contributed by atoms with E-state index in [0.717, 1.165) is 25.4 Å². The predicted octanol–water partition coefficient (Wildman–Crippen LogP) is 3.71. The number of nitrogens with zero attached hydrogens (tertiary/aromatic N) is 2. The summed E-state index contributed by atoms with van der Waals surface area (Å²) in [6, 6.07) is 16.5. The normalized spacial score (nSPS) is 25.7. The Labute approximate surface area is 138 Å². The van der Waals surface area contributed by atoms with Crippen LogP contribution in [0.3, 0.4) is 0 Å². The van der Waals surface area contributed by atoms with E-state index in [1.54, 1.807) is 6.92 Å². The predicted molar refractivity (Wildman–Crippen MR) is 88.8 cm³/mol. The Morgan fingerprint density at radius 3 is 2.32 bits per heavy atom. The third kappa shape index (κ3) is 2.17. The molecular weight excluding hydrogens is 344 g/mol. The Balaban J connectivity index is 2.16. The number of halogens is 1. The first-order valence-electron chi connectivity index (χ1n) is 7.10. The minimum Gasteiger partial charge on any atom is -0.622 e. The standard InChI is InChI=1S/C17H17BrN2O2/c1-12-16(13-6-4-3-5-7-13)20(22)17(2,19(12)21)14-8-10-15(18)11-9-14/h3-12,21H,1-2H3/t12-,17+/m0/s1.